The van der Waals surface area contributed by atoms with Crippen LogP contribution < -0.4 is 34.0 Å². The number of nitrogens with one attached hydrogen (secondary N) is 2. The smallest absolute Gasteiger partial charge is 0.327 e. The number of rotatable bonds is 18. The molecule has 0 fully saturated rings. The summed E-state index contributed by atoms with van der Waals surface area (Å²) < 4.78 is 0. The number of amides is 2. The largest absolute Gasteiger partial charge is 0.508 e. The summed E-state index contributed by atoms with van der Waals surface area (Å²) in [6.07, 6.45) is 0.114. The average molecular weight is 581 g/mol. The Hall–Kier alpha value is -4.12. The maximum absolute atomic E-state index is 13.4. The molecule has 1 aromatic carbocycles. The zero-order valence-electron chi connectivity index (χ0n) is 22.6. The molecule has 41 heavy (non-hydrogen) atoms. The van der Waals surface area contributed by atoms with Gasteiger partial charge in [0.15, 0.2) is 11.7 Å². The first kappa shape index (κ1) is 34.9. The number of aromatic hydroxyl groups is 1. The van der Waals surface area contributed by atoms with Crippen LogP contribution in [0.25, 0.3) is 0 Å². The van der Waals surface area contributed by atoms with Crippen molar-refractivity contribution in [2.45, 2.75) is 69.1 Å². The molecule has 228 valence electrons. The van der Waals surface area contributed by atoms with Gasteiger partial charge in [-0.05, 0) is 49.9 Å². The van der Waals surface area contributed by atoms with Crippen LogP contribution in [0.2, 0.25) is 0 Å². The van der Waals surface area contributed by atoms with Gasteiger partial charge in [-0.2, -0.15) is 0 Å². The van der Waals surface area contributed by atoms with Crippen molar-refractivity contribution in [1.29, 1.82) is 5.41 Å². The molecule has 1 aromatic rings. The fraction of sp³-hybridized carbons (Fsp3) is 0.520. The van der Waals surface area contributed by atoms with Crippen LogP contribution in [-0.4, -0.2) is 93.0 Å². The maximum atomic E-state index is 13.4. The Morgan fingerprint density at radius 2 is 1.54 bits per heavy atom. The van der Waals surface area contributed by atoms with E-state index in [0.717, 1.165) is 6.07 Å². The molecule has 16 nitrogen and oxygen atoms in total. The molecule has 0 aliphatic heterocycles. The zero-order chi connectivity index (χ0) is 31.3. The van der Waals surface area contributed by atoms with E-state index in [4.69, 9.17) is 39.2 Å². The Morgan fingerprint density at radius 1 is 0.927 bits per heavy atom. The molecule has 0 radical (unpaired) electrons. The van der Waals surface area contributed by atoms with E-state index in [2.05, 4.69) is 5.32 Å². The quantitative estimate of drug-likeness (QED) is 0.0380. The molecule has 0 saturated carbocycles. The normalized spacial score (nSPS) is 13.9. The fourth-order valence-electron chi connectivity index (χ4n) is 4.03. The summed E-state index contributed by atoms with van der Waals surface area (Å²) in [5.74, 6) is -6.74. The van der Waals surface area contributed by atoms with Gasteiger partial charge in [-0.25, -0.2) is 4.79 Å². The third kappa shape index (κ3) is 11.1. The van der Waals surface area contributed by atoms with Crippen molar-refractivity contribution in [3.8, 4) is 5.75 Å². The van der Waals surface area contributed by atoms with Crippen LogP contribution in [0.1, 0.15) is 54.4 Å². The molecular weight excluding hydrogens is 540 g/mol. The van der Waals surface area contributed by atoms with Gasteiger partial charge in [-0.1, -0.05) is 12.5 Å². The summed E-state index contributed by atoms with van der Waals surface area (Å²) in [5.41, 5.74) is 28.4. The van der Waals surface area contributed by atoms with Gasteiger partial charge in [0.25, 0.3) is 0 Å². The van der Waals surface area contributed by atoms with Crippen molar-refractivity contribution < 1.29 is 39.3 Å². The van der Waals surface area contributed by atoms with Crippen LogP contribution in [0.3, 0.4) is 0 Å². The molecule has 4 unspecified atom stereocenters. The molecule has 0 aromatic heterocycles. The maximum Gasteiger partial charge on any atom is 0.327 e. The average Bonchev–Trinajstić information content (AvgIpc) is 2.89. The number of phenolic OH excluding ortho intramolecular Hbond substituents is 1. The minimum Gasteiger partial charge on any atom is -0.508 e. The molecule has 0 spiro atoms. The first-order chi connectivity index (χ1) is 19.2. The van der Waals surface area contributed by atoms with E-state index < -0.39 is 66.5 Å². The van der Waals surface area contributed by atoms with Gasteiger partial charge in [-0.15, -0.1) is 0 Å². The second-order valence-corrected chi connectivity index (χ2v) is 9.49. The van der Waals surface area contributed by atoms with Crippen LogP contribution in [0.15, 0.2) is 18.2 Å². The van der Waals surface area contributed by atoms with Gasteiger partial charge in [0.1, 0.15) is 11.8 Å². The number of hydrogen-bond acceptors (Lipinski definition) is 11. The molecule has 0 heterocycles. The first-order valence-electron chi connectivity index (χ1n) is 12.9. The molecule has 0 saturated heterocycles. The monoisotopic (exact) mass is 580 g/mol. The molecule has 2 amide bonds. The number of phenols is 1. The Bertz CT molecular complexity index is 1120. The summed E-state index contributed by atoms with van der Waals surface area (Å²) in [6.45, 7) is 0.561. The number of carbonyl (C=O) groups excluding carboxylic acids is 3. The third-order valence-corrected chi connectivity index (χ3v) is 6.19. The van der Waals surface area contributed by atoms with Crippen molar-refractivity contribution in [3.05, 3.63) is 29.3 Å². The van der Waals surface area contributed by atoms with Crippen LogP contribution in [0.4, 0.5) is 0 Å². The van der Waals surface area contributed by atoms with Gasteiger partial charge >= 0.3 is 11.9 Å². The van der Waals surface area contributed by atoms with E-state index in [9.17, 15) is 34.2 Å². The topological polar surface area (TPSA) is 315 Å². The van der Waals surface area contributed by atoms with Crippen LogP contribution >= 0.6 is 0 Å². The van der Waals surface area contributed by atoms with E-state index in [1.807, 2.05) is 0 Å². The summed E-state index contributed by atoms with van der Waals surface area (Å²) >= 11 is 0. The van der Waals surface area contributed by atoms with Crippen molar-refractivity contribution in [3.63, 3.8) is 0 Å². The highest BCUT2D eigenvalue weighted by Crippen LogP contribution is 2.23. The van der Waals surface area contributed by atoms with Gasteiger partial charge < -0.3 is 49.3 Å². The highest BCUT2D eigenvalue weighted by molar-refractivity contribution is 6.04. The summed E-state index contributed by atoms with van der Waals surface area (Å²) in [4.78, 5) is 63.7. The number of hydrogen-bond donors (Lipinski definition) is 10. The van der Waals surface area contributed by atoms with Crippen molar-refractivity contribution in [2.24, 2.45) is 28.7 Å². The third-order valence-electron chi connectivity index (χ3n) is 6.19. The lowest BCUT2D eigenvalue weighted by atomic mass is 9.91. The second-order valence-electron chi connectivity index (χ2n) is 9.49. The van der Waals surface area contributed by atoms with Gasteiger partial charge in [0.2, 0.25) is 11.8 Å². The van der Waals surface area contributed by atoms with E-state index in [-0.39, 0.29) is 48.6 Å². The molecule has 1 rings (SSSR count). The molecule has 0 aliphatic carbocycles. The minimum absolute atomic E-state index is 0.0516. The van der Waals surface area contributed by atoms with Gasteiger partial charge in [0, 0.05) is 18.5 Å². The lowest BCUT2D eigenvalue weighted by molar-refractivity contribution is -0.160. The Kier molecular flexibility index (Phi) is 14.4. The standard InChI is InChI=1S/C25H40N8O8/c26-8-2-1-4-16(27)21(37)15-11-14(34)7-6-13(15)10-19(24(40)41)33(23(39)18(29)12-20(35)36)22(38)17(28)5-3-9-32-25(30)31/h6-7,11,16-19,34H,1-5,8-10,12,26-29H2,(H,35,36)(H,40,41)(H4,30,31,32). The van der Waals surface area contributed by atoms with Crippen molar-refractivity contribution >= 4 is 35.5 Å². The zero-order valence-corrected chi connectivity index (χ0v) is 22.6. The number of ketones is 1. The van der Waals surface area contributed by atoms with Crippen molar-refractivity contribution in [1.82, 2.24) is 10.2 Å². The first-order valence-corrected chi connectivity index (χ1v) is 12.9. The van der Waals surface area contributed by atoms with Crippen molar-refractivity contribution in [2.75, 3.05) is 13.1 Å². The molecule has 4 atom stereocenters. The number of carbonyl (C=O) groups is 5. The molecule has 16 heteroatoms. The molecule has 0 aliphatic rings. The van der Waals surface area contributed by atoms with E-state index in [1.165, 1.54) is 12.1 Å². The number of imide groups is 1. The number of Topliss-reactive ketones (excluding diaryl/α,β-unsaturated/α-hetero) is 1. The van der Waals surface area contributed by atoms with Crippen LogP contribution in [0.5, 0.6) is 5.75 Å². The molecule has 15 N–H and O–H groups in total. The number of carboxylic acids is 2. The number of nitrogens with two attached hydrogens (primary N) is 5. The van der Waals surface area contributed by atoms with E-state index in [1.54, 1.807) is 0 Å². The summed E-state index contributed by atoms with van der Waals surface area (Å²) in [6, 6.07) is -2.54. The number of guanidine groups is 1. The summed E-state index contributed by atoms with van der Waals surface area (Å²) in [7, 11) is 0. The minimum atomic E-state index is -1.94. The number of carboxylic acid groups (broad SMARTS) is 2. The highest BCUT2D eigenvalue weighted by Gasteiger charge is 2.40. The van der Waals surface area contributed by atoms with Gasteiger partial charge in [-0.3, -0.25) is 29.5 Å². The van der Waals surface area contributed by atoms with E-state index in [0.29, 0.717) is 24.3 Å². The predicted octanol–water partition coefficient (Wildman–Crippen LogP) is -2.23. The SMILES string of the molecule is N=C(N)NCCCC(N)C(=O)N(C(=O)C(N)CC(=O)O)C(Cc1ccc(O)cc1C(=O)C(N)CCCCN)C(=O)O. The highest BCUT2D eigenvalue weighted by atomic mass is 16.4. The van der Waals surface area contributed by atoms with Gasteiger partial charge in [0.05, 0.1) is 24.5 Å². The van der Waals surface area contributed by atoms with Crippen LogP contribution in [-0.2, 0) is 25.6 Å². The molecule has 0 bridgehead atoms. The number of unbranched alkanes of at least 4 members (excludes halogenated alkanes) is 1. The lowest BCUT2D eigenvalue weighted by Gasteiger charge is -2.31. The number of aliphatic carboxylic acids is 2. The second kappa shape index (κ2) is 16.9. The Balaban J connectivity index is 3.44. The molecular formula is C25H40N8O8. The summed E-state index contributed by atoms with van der Waals surface area (Å²) in [5, 5.41) is 38.9. The number of nitrogens with zero attached hydrogens (tertiary/aromatic N) is 1. The van der Waals surface area contributed by atoms with E-state index >= 15 is 0 Å². The fourth-order valence-corrected chi connectivity index (χ4v) is 4.03. The lowest BCUT2D eigenvalue weighted by Crippen LogP contribution is -2.59. The Morgan fingerprint density at radius 3 is 2.10 bits per heavy atom. The Labute approximate surface area is 236 Å². The van der Waals surface area contributed by atoms with Crippen LogP contribution in [0, 0.1) is 5.41 Å². The predicted molar refractivity (Wildman–Crippen MR) is 148 cm³/mol. The number of benzene rings is 1.